The fourth-order valence-corrected chi connectivity index (χ4v) is 6.56. The lowest BCUT2D eigenvalue weighted by atomic mass is 9.59. The normalized spacial score (nSPS) is 20.7. The molecule has 1 fully saturated rings. The quantitative estimate of drug-likeness (QED) is 0.367. The highest BCUT2D eigenvalue weighted by Gasteiger charge is 2.55. The van der Waals surface area contributed by atoms with Gasteiger partial charge in [-0.2, -0.15) is 0 Å². The van der Waals surface area contributed by atoms with Gasteiger partial charge in [0.25, 0.3) is 0 Å². The van der Waals surface area contributed by atoms with E-state index in [0.29, 0.717) is 5.92 Å². The molecule has 0 aliphatic heterocycles. The van der Waals surface area contributed by atoms with Gasteiger partial charge >= 0.3 is 11.9 Å². The van der Waals surface area contributed by atoms with Crippen LogP contribution in [0.5, 0.6) is 0 Å². The predicted octanol–water partition coefficient (Wildman–Crippen LogP) is 6.50. The lowest BCUT2D eigenvalue weighted by molar-refractivity contribution is -0.149. The first-order chi connectivity index (χ1) is 17.5. The highest BCUT2D eigenvalue weighted by Crippen LogP contribution is 2.53. The molecule has 0 amide bonds. The first-order valence-electron chi connectivity index (χ1n) is 12.9. The Morgan fingerprint density at radius 3 is 1.78 bits per heavy atom. The minimum Gasteiger partial charge on any atom is -0.481 e. The second-order valence-corrected chi connectivity index (χ2v) is 10.2. The van der Waals surface area contributed by atoms with Crippen LogP contribution < -0.4 is 0 Å². The average molecular weight is 481 g/mol. The summed E-state index contributed by atoms with van der Waals surface area (Å²) in [4.78, 5) is 26.2. The maximum absolute atomic E-state index is 13.1. The SMILES string of the molecule is O=C(O)C(Cc1ccccc1)C1(C(Cc2ccccc2)C(=O)O)C=Cc2cccc(C3CCCC3)c21. The maximum Gasteiger partial charge on any atom is 0.308 e. The molecule has 2 aliphatic rings. The number of rotatable bonds is 9. The lowest BCUT2D eigenvalue weighted by Crippen LogP contribution is -2.49. The van der Waals surface area contributed by atoms with Gasteiger partial charge < -0.3 is 10.2 Å². The van der Waals surface area contributed by atoms with Gasteiger partial charge in [0.1, 0.15) is 0 Å². The molecular formula is C32H32O4. The minimum absolute atomic E-state index is 0.261. The summed E-state index contributed by atoms with van der Waals surface area (Å²) in [6.07, 6.45) is 8.81. The van der Waals surface area contributed by atoms with Gasteiger partial charge in [0, 0.05) is 5.41 Å². The van der Waals surface area contributed by atoms with E-state index in [1.165, 1.54) is 0 Å². The Morgan fingerprint density at radius 1 is 0.750 bits per heavy atom. The van der Waals surface area contributed by atoms with E-state index in [0.717, 1.165) is 53.5 Å². The molecular weight excluding hydrogens is 448 g/mol. The van der Waals surface area contributed by atoms with Gasteiger partial charge in [-0.1, -0.05) is 104 Å². The molecule has 1 saturated carbocycles. The summed E-state index contributed by atoms with van der Waals surface area (Å²) in [6, 6.07) is 25.3. The molecule has 0 radical (unpaired) electrons. The molecule has 0 aromatic heterocycles. The summed E-state index contributed by atoms with van der Waals surface area (Å²) in [5.74, 6) is -3.44. The Hall–Kier alpha value is -3.66. The number of fused-ring (bicyclic) bond motifs is 1. The van der Waals surface area contributed by atoms with Gasteiger partial charge in [0.2, 0.25) is 0 Å². The minimum atomic E-state index is -1.17. The van der Waals surface area contributed by atoms with E-state index in [-0.39, 0.29) is 12.8 Å². The topological polar surface area (TPSA) is 74.6 Å². The summed E-state index contributed by atoms with van der Waals surface area (Å²) in [7, 11) is 0. The number of aliphatic carboxylic acids is 2. The molecule has 184 valence electrons. The van der Waals surface area contributed by atoms with Crippen molar-refractivity contribution < 1.29 is 19.8 Å². The van der Waals surface area contributed by atoms with E-state index in [1.54, 1.807) is 0 Å². The molecule has 4 heteroatoms. The van der Waals surface area contributed by atoms with E-state index in [9.17, 15) is 19.8 Å². The molecule has 4 nitrogen and oxygen atoms in total. The highest BCUT2D eigenvalue weighted by molar-refractivity contribution is 5.84. The fraction of sp³-hybridized carbons (Fsp3) is 0.312. The molecule has 2 unspecified atom stereocenters. The van der Waals surface area contributed by atoms with Crippen LogP contribution >= 0.6 is 0 Å². The summed E-state index contributed by atoms with van der Waals surface area (Å²) >= 11 is 0. The standard InChI is InChI=1S/C32H32O4/c33-30(34)27(20-22-10-3-1-4-11-22)32(28(31(35)36)21-23-12-5-2-6-13-23)19-18-25-16-9-17-26(29(25)32)24-14-7-8-15-24/h1-6,9-13,16-19,24,27-28H,7-8,14-15,20-21H2,(H,33,34)(H,35,36). The van der Waals surface area contributed by atoms with Crippen molar-refractivity contribution in [3.8, 4) is 0 Å². The average Bonchev–Trinajstić information content (AvgIpc) is 3.56. The summed E-state index contributed by atoms with van der Waals surface area (Å²) in [5, 5.41) is 21.4. The van der Waals surface area contributed by atoms with Gasteiger partial charge in [0.15, 0.2) is 0 Å². The van der Waals surface area contributed by atoms with Crippen LogP contribution in [0.15, 0.2) is 84.9 Å². The second-order valence-electron chi connectivity index (χ2n) is 10.2. The van der Waals surface area contributed by atoms with E-state index in [4.69, 9.17) is 0 Å². The number of carboxylic acids is 2. The van der Waals surface area contributed by atoms with E-state index < -0.39 is 29.2 Å². The van der Waals surface area contributed by atoms with Crippen LogP contribution in [-0.2, 0) is 27.8 Å². The van der Waals surface area contributed by atoms with Crippen molar-refractivity contribution in [2.45, 2.75) is 49.9 Å². The number of carboxylic acid groups (broad SMARTS) is 2. The van der Waals surface area contributed by atoms with E-state index in [2.05, 4.69) is 6.07 Å². The van der Waals surface area contributed by atoms with Gasteiger partial charge in [0.05, 0.1) is 11.8 Å². The Labute approximate surface area is 212 Å². The largest absolute Gasteiger partial charge is 0.481 e. The lowest BCUT2D eigenvalue weighted by Gasteiger charge is -2.42. The smallest absolute Gasteiger partial charge is 0.308 e. The van der Waals surface area contributed by atoms with Crippen molar-refractivity contribution in [3.05, 3.63) is 113 Å². The van der Waals surface area contributed by atoms with Crippen LogP contribution in [0.3, 0.4) is 0 Å². The summed E-state index contributed by atoms with van der Waals surface area (Å²) < 4.78 is 0. The predicted molar refractivity (Wildman–Crippen MR) is 141 cm³/mol. The number of hydrogen-bond acceptors (Lipinski definition) is 2. The van der Waals surface area contributed by atoms with Crippen LogP contribution in [-0.4, -0.2) is 22.2 Å². The first kappa shape index (κ1) is 24.1. The molecule has 0 heterocycles. The summed E-state index contributed by atoms with van der Waals surface area (Å²) in [5.41, 5.74) is 3.63. The van der Waals surface area contributed by atoms with Crippen LogP contribution in [0.25, 0.3) is 6.08 Å². The molecule has 2 N–H and O–H groups in total. The molecule has 5 rings (SSSR count). The van der Waals surface area contributed by atoms with Crippen LogP contribution in [0.2, 0.25) is 0 Å². The first-order valence-corrected chi connectivity index (χ1v) is 12.9. The Balaban J connectivity index is 1.73. The zero-order chi connectivity index (χ0) is 25.1. The van der Waals surface area contributed by atoms with Gasteiger partial charge in [-0.05, 0) is 59.4 Å². The fourth-order valence-electron chi connectivity index (χ4n) is 6.56. The monoisotopic (exact) mass is 480 g/mol. The molecule has 0 bridgehead atoms. The van der Waals surface area contributed by atoms with Crippen LogP contribution in [0.4, 0.5) is 0 Å². The van der Waals surface area contributed by atoms with Gasteiger partial charge in [-0.3, -0.25) is 9.59 Å². The number of allylic oxidation sites excluding steroid dienone is 1. The third kappa shape index (κ3) is 4.37. The van der Waals surface area contributed by atoms with Crippen molar-refractivity contribution in [2.24, 2.45) is 11.8 Å². The van der Waals surface area contributed by atoms with Crippen molar-refractivity contribution >= 4 is 18.0 Å². The van der Waals surface area contributed by atoms with Gasteiger partial charge in [-0.25, -0.2) is 0 Å². The van der Waals surface area contributed by atoms with E-state index >= 15 is 0 Å². The summed E-state index contributed by atoms with van der Waals surface area (Å²) in [6.45, 7) is 0. The molecule has 0 spiro atoms. The second kappa shape index (κ2) is 10.1. The Morgan fingerprint density at radius 2 is 1.28 bits per heavy atom. The Bertz CT molecular complexity index is 1200. The zero-order valence-corrected chi connectivity index (χ0v) is 20.3. The maximum atomic E-state index is 13.1. The zero-order valence-electron chi connectivity index (χ0n) is 20.3. The van der Waals surface area contributed by atoms with Crippen LogP contribution in [0.1, 0.15) is 59.4 Å². The van der Waals surface area contributed by atoms with Crippen LogP contribution in [0, 0.1) is 11.8 Å². The van der Waals surface area contributed by atoms with Gasteiger partial charge in [-0.15, -0.1) is 0 Å². The molecule has 2 atom stereocenters. The molecule has 3 aromatic carbocycles. The molecule has 2 aliphatic carbocycles. The highest BCUT2D eigenvalue weighted by atomic mass is 16.4. The van der Waals surface area contributed by atoms with Crippen molar-refractivity contribution in [3.63, 3.8) is 0 Å². The Kier molecular flexibility index (Phi) is 6.77. The van der Waals surface area contributed by atoms with E-state index in [1.807, 2.05) is 84.9 Å². The number of benzene rings is 3. The molecule has 0 saturated heterocycles. The third-order valence-electron chi connectivity index (χ3n) is 8.21. The number of carbonyl (C=O) groups is 2. The van der Waals surface area contributed by atoms with Crippen molar-refractivity contribution in [1.29, 1.82) is 0 Å². The third-order valence-corrected chi connectivity index (χ3v) is 8.21. The van der Waals surface area contributed by atoms with Crippen molar-refractivity contribution in [1.82, 2.24) is 0 Å². The molecule has 36 heavy (non-hydrogen) atoms. The number of hydrogen-bond donors (Lipinski definition) is 2. The van der Waals surface area contributed by atoms with Crippen molar-refractivity contribution in [2.75, 3.05) is 0 Å². The molecule has 3 aromatic rings.